The first-order chi connectivity index (χ1) is 16.0. The van der Waals surface area contributed by atoms with Gasteiger partial charge in [-0.1, -0.05) is 0 Å². The molecule has 2 aliphatic rings. The highest BCUT2D eigenvalue weighted by Gasteiger charge is 2.52. The lowest BCUT2D eigenvalue weighted by Gasteiger charge is -2.46. The van der Waals surface area contributed by atoms with Gasteiger partial charge >= 0.3 is 0 Å². The minimum absolute atomic E-state index is 0.777. The topological polar surface area (TPSA) is 280 Å². The van der Waals surface area contributed by atoms with E-state index in [9.17, 15) is 56.2 Å². The van der Waals surface area contributed by atoms with Crippen LogP contribution in [0.25, 0.3) is 0 Å². The maximum Gasteiger partial charge on any atom is 0.187 e. The molecule has 0 saturated carbocycles. The molecule has 2 heterocycles. The molecule has 2 fully saturated rings. The zero-order valence-electron chi connectivity index (χ0n) is 17.9. The van der Waals surface area contributed by atoms with E-state index in [4.69, 9.17) is 24.1 Å². The molecule has 2 rings (SSSR count). The van der Waals surface area contributed by atoms with Crippen LogP contribution < -0.4 is 0 Å². The fraction of sp³-hybridized carbons (Fsp3) is 1.00. The van der Waals surface area contributed by atoms with Crippen molar-refractivity contribution in [3.63, 3.8) is 0 Å². The Hall–Kier alpha value is -0.640. The number of hydrogen-bond acceptors (Lipinski definition) is 16. The van der Waals surface area contributed by atoms with Crippen LogP contribution in [-0.2, 0) is 18.9 Å². The monoisotopic (exact) mass is 506 g/mol. The van der Waals surface area contributed by atoms with Gasteiger partial charge in [0.25, 0.3) is 0 Å². The van der Waals surface area contributed by atoms with E-state index in [1.165, 1.54) is 0 Å². The zero-order chi connectivity index (χ0) is 25.7. The van der Waals surface area contributed by atoms with E-state index in [1.54, 1.807) is 0 Å². The van der Waals surface area contributed by atoms with Gasteiger partial charge in [-0.15, -0.1) is 0 Å². The Bertz CT molecular complexity index is 596. The summed E-state index contributed by atoms with van der Waals surface area (Å²) in [5.74, 6) is 0. The van der Waals surface area contributed by atoms with Gasteiger partial charge in [-0.25, -0.2) is 0 Å². The number of aliphatic hydroxyl groups excluding tert-OH is 12. The van der Waals surface area contributed by atoms with Crippen molar-refractivity contribution in [3.8, 4) is 0 Å². The Morgan fingerprint density at radius 3 is 1.68 bits per heavy atom. The van der Waals surface area contributed by atoms with Crippen molar-refractivity contribution in [2.45, 2.75) is 85.8 Å². The van der Waals surface area contributed by atoms with Gasteiger partial charge < -0.3 is 80.2 Å². The Morgan fingerprint density at radius 2 is 1.15 bits per heavy atom. The standard InChI is InChI=1S/C18H34O16/c19-1-5(23)9(25)15(6(24)2-20)33-18-14(30)16(11(27)8(4-22)32-18)34-17-13(29)12(28)10(26)7(3-21)31-17/h5-30H,1-4H2/t5-,6+,7-,8-,9-,10+,11+,12+,13-,14-,15-,16+,17+,18+/m1/s1. The van der Waals surface area contributed by atoms with Crippen LogP contribution in [0.5, 0.6) is 0 Å². The average Bonchev–Trinajstić information content (AvgIpc) is 2.84. The summed E-state index contributed by atoms with van der Waals surface area (Å²) < 4.78 is 21.1. The molecule has 0 spiro atoms. The first-order valence-corrected chi connectivity index (χ1v) is 10.5. The Morgan fingerprint density at radius 1 is 0.618 bits per heavy atom. The smallest absolute Gasteiger partial charge is 0.187 e. The zero-order valence-corrected chi connectivity index (χ0v) is 17.9. The van der Waals surface area contributed by atoms with Crippen LogP contribution in [0.15, 0.2) is 0 Å². The van der Waals surface area contributed by atoms with Gasteiger partial charge in [-0.2, -0.15) is 0 Å². The minimum Gasteiger partial charge on any atom is -0.394 e. The summed E-state index contributed by atoms with van der Waals surface area (Å²) in [6, 6.07) is 0. The SMILES string of the molecule is OC[C@@H](O)[C@@H](O)[C@H](O[C@@H]1O[C@H](CO)[C@H](O)[C@H](O[C@@H]2O[C@H](CO)[C@H](O)[C@H](O)[C@H]2O)[C@H]1O)[C@@H](O)CO. The molecule has 12 N–H and O–H groups in total. The molecule has 202 valence electrons. The van der Waals surface area contributed by atoms with Crippen LogP contribution in [0, 0.1) is 0 Å². The summed E-state index contributed by atoms with van der Waals surface area (Å²) >= 11 is 0. The predicted molar refractivity (Wildman–Crippen MR) is 103 cm³/mol. The second-order valence-electron chi connectivity index (χ2n) is 8.10. The lowest BCUT2D eigenvalue weighted by molar-refractivity contribution is -0.369. The summed E-state index contributed by atoms with van der Waals surface area (Å²) in [7, 11) is 0. The molecule has 16 nitrogen and oxygen atoms in total. The van der Waals surface area contributed by atoms with Crippen LogP contribution >= 0.6 is 0 Å². The van der Waals surface area contributed by atoms with Gasteiger partial charge in [0, 0.05) is 0 Å². The molecular weight excluding hydrogens is 472 g/mol. The third-order valence-corrected chi connectivity index (χ3v) is 5.74. The second-order valence-corrected chi connectivity index (χ2v) is 8.10. The molecule has 0 aromatic heterocycles. The maximum atomic E-state index is 10.7. The van der Waals surface area contributed by atoms with Crippen LogP contribution in [-0.4, -0.2) is 174 Å². The van der Waals surface area contributed by atoms with Gasteiger partial charge in [-0.05, 0) is 0 Å². The summed E-state index contributed by atoms with van der Waals surface area (Å²) in [6.45, 7) is -3.55. The average molecular weight is 506 g/mol. The molecule has 14 atom stereocenters. The number of hydrogen-bond donors (Lipinski definition) is 12. The summed E-state index contributed by atoms with van der Waals surface area (Å²) in [6.07, 6.45) is -24.9. The molecule has 2 saturated heterocycles. The van der Waals surface area contributed by atoms with E-state index in [1.807, 2.05) is 0 Å². The fourth-order valence-electron chi connectivity index (χ4n) is 3.65. The third kappa shape index (κ3) is 6.37. The van der Waals surface area contributed by atoms with E-state index in [0.29, 0.717) is 0 Å². The van der Waals surface area contributed by atoms with E-state index in [0.717, 1.165) is 0 Å². The first kappa shape index (κ1) is 29.6. The lowest BCUT2D eigenvalue weighted by atomic mass is 9.96. The molecule has 0 radical (unpaired) electrons. The van der Waals surface area contributed by atoms with E-state index in [-0.39, 0.29) is 0 Å². The van der Waals surface area contributed by atoms with E-state index < -0.39 is 112 Å². The third-order valence-electron chi connectivity index (χ3n) is 5.74. The quantitative estimate of drug-likeness (QED) is 0.124. The Balaban J connectivity index is 2.24. The van der Waals surface area contributed by atoms with Crippen molar-refractivity contribution in [3.05, 3.63) is 0 Å². The molecule has 0 bridgehead atoms. The minimum atomic E-state index is -1.98. The largest absolute Gasteiger partial charge is 0.394 e. The summed E-state index contributed by atoms with van der Waals surface area (Å²) in [5, 5.41) is 118. The number of aliphatic hydroxyl groups is 12. The number of ether oxygens (including phenoxy) is 4. The normalized spacial score (nSPS) is 42.7. The molecular formula is C18H34O16. The Kier molecular flexibility index (Phi) is 11.4. The predicted octanol–water partition coefficient (Wildman–Crippen LogP) is -7.94. The van der Waals surface area contributed by atoms with E-state index in [2.05, 4.69) is 0 Å². The molecule has 16 heteroatoms. The van der Waals surface area contributed by atoms with Gasteiger partial charge in [0.1, 0.15) is 73.2 Å². The van der Waals surface area contributed by atoms with Gasteiger partial charge in [0.05, 0.1) is 26.4 Å². The molecule has 34 heavy (non-hydrogen) atoms. The molecule has 2 aliphatic heterocycles. The molecule has 0 aromatic rings. The first-order valence-electron chi connectivity index (χ1n) is 10.5. The van der Waals surface area contributed by atoms with Gasteiger partial charge in [0.2, 0.25) is 0 Å². The van der Waals surface area contributed by atoms with E-state index >= 15 is 0 Å². The van der Waals surface area contributed by atoms with Crippen molar-refractivity contribution in [1.82, 2.24) is 0 Å². The molecule has 0 unspecified atom stereocenters. The Labute approximate surface area is 193 Å². The van der Waals surface area contributed by atoms with Crippen LogP contribution in [0.1, 0.15) is 0 Å². The highest BCUT2D eigenvalue weighted by molar-refractivity contribution is 4.95. The highest BCUT2D eigenvalue weighted by Crippen LogP contribution is 2.30. The summed E-state index contributed by atoms with van der Waals surface area (Å²) in [4.78, 5) is 0. The van der Waals surface area contributed by atoms with Crippen molar-refractivity contribution >= 4 is 0 Å². The van der Waals surface area contributed by atoms with Gasteiger partial charge in [-0.3, -0.25) is 0 Å². The van der Waals surface area contributed by atoms with Crippen molar-refractivity contribution in [1.29, 1.82) is 0 Å². The van der Waals surface area contributed by atoms with Crippen LogP contribution in [0.4, 0.5) is 0 Å². The van der Waals surface area contributed by atoms with Gasteiger partial charge in [0.15, 0.2) is 12.6 Å². The fourth-order valence-corrected chi connectivity index (χ4v) is 3.65. The number of rotatable bonds is 11. The maximum absolute atomic E-state index is 10.7. The molecule has 0 aliphatic carbocycles. The summed E-state index contributed by atoms with van der Waals surface area (Å²) in [5.41, 5.74) is 0. The van der Waals surface area contributed by atoms with Crippen LogP contribution in [0.3, 0.4) is 0 Å². The van der Waals surface area contributed by atoms with Crippen molar-refractivity contribution in [2.75, 3.05) is 26.4 Å². The highest BCUT2D eigenvalue weighted by atomic mass is 16.7. The van der Waals surface area contributed by atoms with Crippen molar-refractivity contribution < 1.29 is 80.2 Å². The second kappa shape index (κ2) is 13.1. The van der Waals surface area contributed by atoms with Crippen LogP contribution in [0.2, 0.25) is 0 Å². The van der Waals surface area contributed by atoms with Crippen molar-refractivity contribution in [2.24, 2.45) is 0 Å². The molecule has 0 aromatic carbocycles. The molecule has 0 amide bonds. The lowest BCUT2D eigenvalue weighted by Crippen LogP contribution is -2.65.